The highest BCUT2D eigenvalue weighted by molar-refractivity contribution is 9.10. The Morgan fingerprint density at radius 1 is 1.42 bits per heavy atom. The van der Waals surface area contributed by atoms with Gasteiger partial charge in [0.25, 0.3) is 0 Å². The predicted molar refractivity (Wildman–Crippen MR) is 54.5 cm³/mol. The number of Topliss-reactive ketones (excluding diaryl/α,β-unsaturated/α-hetero) is 1. The van der Waals surface area contributed by atoms with Gasteiger partial charge in [-0.1, -0.05) is 36.7 Å². The number of carbonyl (C=O) groups excluding carboxylic acids is 1. The van der Waals surface area contributed by atoms with E-state index < -0.39 is 0 Å². The fraction of sp³-hybridized carbons (Fsp3) is 0.900. The number of halogens is 1. The standard InChI is InChI=1S/C10H17BrO/c1-10(2,3)7-4-5-9(12)8(11)6-7/h7-8H,4-6H2,1-3H3/t7-,8-/m1/s1. The molecular weight excluding hydrogens is 216 g/mol. The van der Waals surface area contributed by atoms with E-state index in [4.69, 9.17) is 0 Å². The molecule has 1 rings (SSSR count). The van der Waals surface area contributed by atoms with Crippen LogP contribution >= 0.6 is 15.9 Å². The van der Waals surface area contributed by atoms with Gasteiger partial charge in [0.15, 0.2) is 0 Å². The van der Waals surface area contributed by atoms with Gasteiger partial charge in [-0.2, -0.15) is 0 Å². The molecule has 1 aliphatic carbocycles. The van der Waals surface area contributed by atoms with Crippen LogP contribution in [0.25, 0.3) is 0 Å². The second-order valence-electron chi connectivity index (χ2n) is 4.77. The van der Waals surface area contributed by atoms with Crippen molar-refractivity contribution in [1.82, 2.24) is 0 Å². The molecule has 0 radical (unpaired) electrons. The third-order valence-corrected chi connectivity index (χ3v) is 3.69. The van der Waals surface area contributed by atoms with Crippen molar-refractivity contribution in [1.29, 1.82) is 0 Å². The molecule has 0 bridgehead atoms. The fourth-order valence-electron chi connectivity index (χ4n) is 1.76. The number of hydrogen-bond acceptors (Lipinski definition) is 1. The topological polar surface area (TPSA) is 17.1 Å². The van der Waals surface area contributed by atoms with Crippen molar-refractivity contribution >= 4 is 21.7 Å². The summed E-state index contributed by atoms with van der Waals surface area (Å²) in [7, 11) is 0. The van der Waals surface area contributed by atoms with Crippen molar-refractivity contribution in [2.45, 2.75) is 44.9 Å². The van der Waals surface area contributed by atoms with Crippen LogP contribution in [-0.2, 0) is 4.79 Å². The number of alkyl halides is 1. The van der Waals surface area contributed by atoms with Gasteiger partial charge < -0.3 is 0 Å². The van der Waals surface area contributed by atoms with Crippen molar-refractivity contribution in [2.24, 2.45) is 11.3 Å². The number of hydrogen-bond donors (Lipinski definition) is 0. The lowest BCUT2D eigenvalue weighted by Gasteiger charge is -2.35. The maximum absolute atomic E-state index is 11.2. The summed E-state index contributed by atoms with van der Waals surface area (Å²) in [5.74, 6) is 1.08. The molecule has 2 atom stereocenters. The highest BCUT2D eigenvalue weighted by Crippen LogP contribution is 2.38. The Morgan fingerprint density at radius 2 is 2.00 bits per heavy atom. The highest BCUT2D eigenvalue weighted by Gasteiger charge is 2.33. The molecule has 0 heterocycles. The van der Waals surface area contributed by atoms with Gasteiger partial charge in [-0.15, -0.1) is 0 Å². The molecule has 0 amide bonds. The molecule has 1 fully saturated rings. The first-order valence-electron chi connectivity index (χ1n) is 4.58. The zero-order chi connectivity index (χ0) is 9.35. The minimum absolute atomic E-state index is 0.121. The van der Waals surface area contributed by atoms with Gasteiger partial charge in [0, 0.05) is 6.42 Å². The van der Waals surface area contributed by atoms with Crippen LogP contribution in [0.15, 0.2) is 0 Å². The quantitative estimate of drug-likeness (QED) is 0.587. The van der Waals surface area contributed by atoms with Gasteiger partial charge in [-0.25, -0.2) is 0 Å². The largest absolute Gasteiger partial charge is 0.298 e. The van der Waals surface area contributed by atoms with Crippen LogP contribution in [-0.4, -0.2) is 10.6 Å². The molecule has 0 N–H and O–H groups in total. The summed E-state index contributed by atoms with van der Waals surface area (Å²) in [6.07, 6.45) is 2.85. The average Bonchev–Trinajstić information content (AvgIpc) is 1.92. The maximum atomic E-state index is 11.2. The van der Waals surface area contributed by atoms with Gasteiger partial charge in [0.2, 0.25) is 0 Å². The molecule has 1 saturated carbocycles. The lowest BCUT2D eigenvalue weighted by atomic mass is 9.72. The molecule has 0 aromatic heterocycles. The molecule has 0 unspecified atom stereocenters. The second kappa shape index (κ2) is 3.49. The van der Waals surface area contributed by atoms with Crippen LogP contribution in [0, 0.1) is 11.3 Å². The van der Waals surface area contributed by atoms with Crippen LogP contribution in [0.2, 0.25) is 0 Å². The summed E-state index contributed by atoms with van der Waals surface area (Å²) in [5, 5.41) is 0. The highest BCUT2D eigenvalue weighted by atomic mass is 79.9. The Hall–Kier alpha value is 0.150. The average molecular weight is 233 g/mol. The van der Waals surface area contributed by atoms with E-state index in [1.165, 1.54) is 0 Å². The van der Waals surface area contributed by atoms with Crippen molar-refractivity contribution in [2.75, 3.05) is 0 Å². The van der Waals surface area contributed by atoms with Crippen LogP contribution in [0.3, 0.4) is 0 Å². The summed E-state index contributed by atoms with van der Waals surface area (Å²) in [6, 6.07) is 0. The molecule has 0 spiro atoms. The molecular formula is C10H17BrO. The number of rotatable bonds is 0. The maximum Gasteiger partial charge on any atom is 0.146 e. The Kier molecular flexibility index (Phi) is 2.97. The van der Waals surface area contributed by atoms with Crippen LogP contribution < -0.4 is 0 Å². The molecule has 12 heavy (non-hydrogen) atoms. The summed E-state index contributed by atoms with van der Waals surface area (Å²) >= 11 is 3.44. The van der Waals surface area contributed by atoms with Gasteiger partial charge >= 0.3 is 0 Å². The number of ketones is 1. The van der Waals surface area contributed by atoms with Crippen LogP contribution in [0.1, 0.15) is 40.0 Å². The van der Waals surface area contributed by atoms with E-state index >= 15 is 0 Å². The minimum atomic E-state index is 0.121. The van der Waals surface area contributed by atoms with Gasteiger partial charge in [0.05, 0.1) is 4.83 Å². The molecule has 1 aliphatic rings. The molecule has 0 saturated heterocycles. The van der Waals surface area contributed by atoms with E-state index in [9.17, 15) is 4.79 Å². The smallest absolute Gasteiger partial charge is 0.146 e. The van der Waals surface area contributed by atoms with Crippen LogP contribution in [0.4, 0.5) is 0 Å². The van der Waals surface area contributed by atoms with E-state index in [1.807, 2.05) is 0 Å². The van der Waals surface area contributed by atoms with Crippen LogP contribution in [0.5, 0.6) is 0 Å². The molecule has 1 nitrogen and oxygen atoms in total. The first-order chi connectivity index (χ1) is 5.41. The Morgan fingerprint density at radius 3 is 2.42 bits per heavy atom. The Bertz CT molecular complexity index is 181. The van der Waals surface area contributed by atoms with E-state index in [2.05, 4.69) is 36.7 Å². The first kappa shape index (κ1) is 10.2. The molecule has 0 aliphatic heterocycles. The monoisotopic (exact) mass is 232 g/mol. The number of carbonyl (C=O) groups is 1. The molecule has 0 aromatic carbocycles. The van der Waals surface area contributed by atoms with Gasteiger partial charge in [-0.3, -0.25) is 4.79 Å². The molecule has 2 heteroatoms. The lowest BCUT2D eigenvalue weighted by molar-refractivity contribution is -0.120. The normalized spacial score (nSPS) is 32.2. The van der Waals surface area contributed by atoms with E-state index in [1.54, 1.807) is 0 Å². The molecule has 0 aromatic rings. The minimum Gasteiger partial charge on any atom is -0.298 e. The summed E-state index contributed by atoms with van der Waals surface area (Å²) < 4.78 is 0. The van der Waals surface area contributed by atoms with E-state index in [-0.39, 0.29) is 4.83 Å². The van der Waals surface area contributed by atoms with E-state index in [0.717, 1.165) is 19.3 Å². The fourth-order valence-corrected chi connectivity index (χ4v) is 2.44. The predicted octanol–water partition coefficient (Wildman–Crippen LogP) is 3.17. The first-order valence-corrected chi connectivity index (χ1v) is 5.49. The summed E-state index contributed by atoms with van der Waals surface area (Å²) in [6.45, 7) is 6.77. The van der Waals surface area contributed by atoms with Crippen molar-refractivity contribution in [3.05, 3.63) is 0 Å². The molecule has 70 valence electrons. The Balaban J connectivity index is 2.57. The summed E-state index contributed by atoms with van der Waals surface area (Å²) in [4.78, 5) is 11.3. The Labute approximate surface area is 83.0 Å². The SMILES string of the molecule is CC(C)(C)[C@@H]1CCC(=O)[C@H](Br)C1. The lowest BCUT2D eigenvalue weighted by Crippen LogP contribution is -2.32. The third-order valence-electron chi connectivity index (χ3n) is 2.80. The zero-order valence-electron chi connectivity index (χ0n) is 8.06. The van der Waals surface area contributed by atoms with Gasteiger partial charge in [-0.05, 0) is 24.2 Å². The third kappa shape index (κ3) is 2.32. The van der Waals surface area contributed by atoms with Gasteiger partial charge in [0.1, 0.15) is 5.78 Å². The van der Waals surface area contributed by atoms with Crippen molar-refractivity contribution in [3.8, 4) is 0 Å². The summed E-state index contributed by atoms with van der Waals surface area (Å²) in [5.41, 5.74) is 0.354. The zero-order valence-corrected chi connectivity index (χ0v) is 9.65. The van der Waals surface area contributed by atoms with Crippen molar-refractivity contribution < 1.29 is 4.79 Å². The van der Waals surface area contributed by atoms with Crippen molar-refractivity contribution in [3.63, 3.8) is 0 Å². The second-order valence-corrected chi connectivity index (χ2v) is 5.88. The van der Waals surface area contributed by atoms with E-state index in [0.29, 0.717) is 17.1 Å².